The van der Waals surface area contributed by atoms with Crippen LogP contribution in [0.5, 0.6) is 5.75 Å². The molecule has 2 heterocycles. The maximum atomic E-state index is 11.2. The number of aliphatic hydroxyl groups excluding tert-OH is 4. The van der Waals surface area contributed by atoms with E-state index in [9.17, 15) is 30.3 Å². The second-order valence-corrected chi connectivity index (χ2v) is 8.68. The topological polar surface area (TPSA) is 224 Å². The van der Waals surface area contributed by atoms with Crippen LogP contribution >= 0.6 is 0 Å². The number of carboxylic acid groups (broad SMARTS) is 1. The summed E-state index contributed by atoms with van der Waals surface area (Å²) < 4.78 is 10.7. The van der Waals surface area contributed by atoms with E-state index in [2.05, 4.69) is 21.0 Å². The first-order valence-electron chi connectivity index (χ1n) is 12.0. The predicted molar refractivity (Wildman–Crippen MR) is 144 cm³/mol. The average Bonchev–Trinajstić information content (AvgIpc) is 2.94. The highest BCUT2D eigenvalue weighted by atomic mass is 16.7. The second-order valence-electron chi connectivity index (χ2n) is 8.68. The number of carbonyl (C=O) groups is 1. The molecule has 0 radical (unpaired) electrons. The summed E-state index contributed by atoms with van der Waals surface area (Å²) in [5.74, 6) is -0.501. The van der Waals surface area contributed by atoms with E-state index in [1.165, 1.54) is 30.3 Å². The van der Waals surface area contributed by atoms with Crippen LogP contribution in [0.1, 0.15) is 28.4 Å². The maximum absolute atomic E-state index is 11.2. The molecule has 4 rings (SSSR count). The van der Waals surface area contributed by atoms with E-state index < -0.39 is 36.9 Å². The molecule has 13 nitrogen and oxygen atoms in total. The van der Waals surface area contributed by atoms with E-state index in [0.29, 0.717) is 22.4 Å². The van der Waals surface area contributed by atoms with Crippen molar-refractivity contribution < 1.29 is 39.8 Å². The molecule has 1 fully saturated rings. The highest BCUT2D eigenvalue weighted by Crippen LogP contribution is 2.32. The summed E-state index contributed by atoms with van der Waals surface area (Å²) in [7, 11) is 0. The van der Waals surface area contributed by atoms with Gasteiger partial charge >= 0.3 is 5.97 Å². The largest absolute Gasteiger partial charge is 0.478 e. The van der Waals surface area contributed by atoms with Gasteiger partial charge in [0.2, 0.25) is 6.29 Å². The Kier molecular flexibility index (Phi) is 8.55. The minimum atomic E-state index is -1.79. The van der Waals surface area contributed by atoms with Crippen LogP contribution < -0.4 is 15.8 Å². The summed E-state index contributed by atoms with van der Waals surface area (Å²) in [6.07, 6.45) is -4.09. The number of nitrogens with one attached hydrogen (secondary N) is 2. The summed E-state index contributed by atoms with van der Waals surface area (Å²) in [4.78, 5) is 20.2. The number of anilines is 3. The molecular formula is C27H27N5O8. The Morgan fingerprint density at radius 1 is 1.10 bits per heavy atom. The molecule has 0 spiro atoms. The van der Waals surface area contributed by atoms with Gasteiger partial charge in [-0.05, 0) is 61.5 Å². The zero-order valence-corrected chi connectivity index (χ0v) is 21.1. The Morgan fingerprint density at radius 2 is 1.82 bits per heavy atom. The van der Waals surface area contributed by atoms with Gasteiger partial charge in [-0.3, -0.25) is 0 Å². The first-order valence-corrected chi connectivity index (χ1v) is 12.0. The molecule has 1 aromatic heterocycles. The molecular weight excluding hydrogens is 522 g/mol. The number of nitrogens with zero attached hydrogens (tertiary/aromatic N) is 2. The van der Waals surface area contributed by atoms with E-state index in [0.717, 1.165) is 6.21 Å². The van der Waals surface area contributed by atoms with Crippen LogP contribution in [0.15, 0.2) is 54.3 Å². The van der Waals surface area contributed by atoms with E-state index >= 15 is 0 Å². The quantitative estimate of drug-likeness (QED) is 0.148. The van der Waals surface area contributed by atoms with Crippen LogP contribution in [0.3, 0.4) is 0 Å². The lowest BCUT2D eigenvalue weighted by atomic mass is 10.0. The molecule has 1 aliphatic heterocycles. The molecule has 40 heavy (non-hydrogen) atoms. The Morgan fingerprint density at radius 3 is 2.48 bits per heavy atom. The number of aromatic carboxylic acids is 1. The summed E-state index contributed by atoms with van der Waals surface area (Å²) >= 11 is 0. The van der Waals surface area contributed by atoms with Crippen molar-refractivity contribution in [1.29, 1.82) is 5.41 Å². The van der Waals surface area contributed by atoms with Crippen LogP contribution in [0.2, 0.25) is 0 Å². The SMILES string of the molecule is CC=C=Cc1c(N)nc(-c2cc(OC3OC(O)C(O)C(O)C3O)ccc2C=N)nc1Nc1ccc(C(=O)O)cc1. The van der Waals surface area contributed by atoms with Gasteiger partial charge in [0.1, 0.15) is 35.7 Å². The molecule has 9 N–H and O–H groups in total. The van der Waals surface area contributed by atoms with E-state index in [4.69, 9.17) is 20.6 Å². The van der Waals surface area contributed by atoms with Crippen LogP contribution in [0, 0.1) is 5.41 Å². The predicted octanol–water partition coefficient (Wildman–Crippen LogP) is 1.49. The van der Waals surface area contributed by atoms with Crippen molar-refractivity contribution in [3.63, 3.8) is 0 Å². The zero-order chi connectivity index (χ0) is 29.0. The molecule has 1 aliphatic rings. The summed E-state index contributed by atoms with van der Waals surface area (Å²) in [5.41, 5.74) is 11.0. The third kappa shape index (κ3) is 6.00. The number of ether oxygens (including phenoxy) is 2. The molecule has 13 heteroatoms. The van der Waals surface area contributed by atoms with Crippen molar-refractivity contribution in [3.8, 4) is 17.1 Å². The first kappa shape index (κ1) is 28.4. The van der Waals surface area contributed by atoms with Crippen molar-refractivity contribution in [1.82, 2.24) is 9.97 Å². The molecule has 5 unspecified atom stereocenters. The fraction of sp³-hybridized carbons (Fsp3) is 0.222. The van der Waals surface area contributed by atoms with Gasteiger partial charge in [0.15, 0.2) is 12.1 Å². The molecule has 0 aliphatic carbocycles. The van der Waals surface area contributed by atoms with Crippen molar-refractivity contribution >= 4 is 35.6 Å². The van der Waals surface area contributed by atoms with Crippen molar-refractivity contribution in [2.24, 2.45) is 0 Å². The van der Waals surface area contributed by atoms with Gasteiger partial charge < -0.3 is 51.5 Å². The second kappa shape index (κ2) is 12.1. The number of carboxylic acids is 1. The third-order valence-corrected chi connectivity index (χ3v) is 5.98. The highest BCUT2D eigenvalue weighted by Gasteiger charge is 2.44. The molecule has 5 atom stereocenters. The maximum Gasteiger partial charge on any atom is 0.335 e. The summed E-state index contributed by atoms with van der Waals surface area (Å²) in [6, 6.07) is 10.5. The highest BCUT2D eigenvalue weighted by molar-refractivity contribution is 5.90. The van der Waals surface area contributed by atoms with Crippen LogP contribution in [0.25, 0.3) is 17.5 Å². The van der Waals surface area contributed by atoms with Gasteiger partial charge in [0.25, 0.3) is 0 Å². The standard InChI is InChI=1S/C27H27N5O8/c1-2-3-4-17-22(29)31-24(32-23(17)30-15-8-5-13(6-9-15)25(36)37)18-11-16(10-7-14(18)12-28)39-27-21(35)19(33)20(34)26(38)40-27/h2,4-12,19-21,26-28,33-35,38H,1H3,(H,36,37)(H3,29,30,31,32). The molecule has 0 saturated carbocycles. The lowest BCUT2D eigenvalue weighted by Crippen LogP contribution is -2.59. The van der Waals surface area contributed by atoms with Crippen LogP contribution in [-0.2, 0) is 4.74 Å². The number of allylic oxidation sites excluding steroid dienone is 1. The number of nitrogen functional groups attached to an aromatic ring is 1. The fourth-order valence-electron chi connectivity index (χ4n) is 3.83. The number of hydrogen-bond donors (Lipinski definition) is 8. The summed E-state index contributed by atoms with van der Waals surface area (Å²) in [5, 5.41) is 59.8. The Hall–Kier alpha value is -4.62. The van der Waals surface area contributed by atoms with Gasteiger partial charge in [-0.15, -0.1) is 5.73 Å². The molecule has 2 aromatic carbocycles. The van der Waals surface area contributed by atoms with Gasteiger partial charge in [-0.1, -0.05) is 0 Å². The number of hydrogen-bond acceptors (Lipinski definition) is 12. The number of aromatic nitrogens is 2. The number of rotatable bonds is 8. The molecule has 0 bridgehead atoms. The van der Waals surface area contributed by atoms with Crippen molar-refractivity contribution in [3.05, 3.63) is 71.0 Å². The monoisotopic (exact) mass is 549 g/mol. The summed E-state index contributed by atoms with van der Waals surface area (Å²) in [6.45, 7) is 1.77. The lowest BCUT2D eigenvalue weighted by Gasteiger charge is -2.37. The Balaban J connectivity index is 1.74. The van der Waals surface area contributed by atoms with Gasteiger partial charge in [-0.25, -0.2) is 14.8 Å². The zero-order valence-electron chi connectivity index (χ0n) is 21.1. The van der Waals surface area contributed by atoms with Crippen LogP contribution in [-0.4, -0.2) is 78.6 Å². The number of aliphatic hydroxyl groups is 4. The van der Waals surface area contributed by atoms with Gasteiger partial charge in [-0.2, -0.15) is 0 Å². The van der Waals surface area contributed by atoms with E-state index in [1.807, 2.05) is 0 Å². The van der Waals surface area contributed by atoms with Gasteiger partial charge in [0.05, 0.1) is 11.1 Å². The average molecular weight is 550 g/mol. The fourth-order valence-corrected chi connectivity index (χ4v) is 3.83. The molecule has 0 amide bonds. The first-order chi connectivity index (χ1) is 19.1. The number of nitrogens with two attached hydrogens (primary N) is 1. The minimum absolute atomic E-state index is 0.0810. The minimum Gasteiger partial charge on any atom is -0.478 e. The molecule has 3 aromatic rings. The van der Waals surface area contributed by atoms with E-state index in [-0.39, 0.29) is 28.8 Å². The Labute approximate surface area is 228 Å². The van der Waals surface area contributed by atoms with Gasteiger partial charge in [0, 0.05) is 23.0 Å². The number of benzene rings is 2. The molecule has 1 saturated heterocycles. The van der Waals surface area contributed by atoms with Crippen LogP contribution in [0.4, 0.5) is 17.3 Å². The van der Waals surface area contributed by atoms with Crippen molar-refractivity contribution in [2.75, 3.05) is 11.1 Å². The van der Waals surface area contributed by atoms with Crippen molar-refractivity contribution in [2.45, 2.75) is 37.8 Å². The smallest absolute Gasteiger partial charge is 0.335 e. The normalized spacial score (nSPS) is 22.1. The van der Waals surface area contributed by atoms with E-state index in [1.54, 1.807) is 31.2 Å². The molecule has 208 valence electrons. The third-order valence-electron chi connectivity index (χ3n) is 5.98. The Bertz CT molecular complexity index is 1470. The lowest BCUT2D eigenvalue weighted by molar-refractivity contribution is -0.321.